The fraction of sp³-hybridized carbons (Fsp3) is 0.628. The van der Waals surface area contributed by atoms with E-state index in [4.69, 9.17) is 14.2 Å². The Bertz CT molecular complexity index is 1730. The summed E-state index contributed by atoms with van der Waals surface area (Å²) >= 11 is 0. The molecule has 3 aliphatic rings. The number of nitrogens with one attached hydrogen (secondary N) is 1. The van der Waals surface area contributed by atoms with Crippen molar-refractivity contribution in [2.75, 3.05) is 43.2 Å². The van der Waals surface area contributed by atoms with Crippen LogP contribution in [0.1, 0.15) is 99.5 Å². The normalized spacial score (nSPS) is 21.3. The van der Waals surface area contributed by atoms with Gasteiger partial charge in [-0.3, -0.25) is 14.4 Å². The molecule has 1 unspecified atom stereocenters. The van der Waals surface area contributed by atoms with Crippen LogP contribution < -0.4 is 19.9 Å². The monoisotopic (exact) mass is 782 g/mol. The number of ether oxygens (including phenoxy) is 3. The van der Waals surface area contributed by atoms with E-state index < -0.39 is 46.7 Å². The highest BCUT2D eigenvalue weighted by atomic mass is 19.1. The third-order valence-corrected chi connectivity index (χ3v) is 10.5. The topological polar surface area (TPSA) is 118 Å². The van der Waals surface area contributed by atoms with Crippen LogP contribution in [0.5, 0.6) is 5.75 Å². The van der Waals surface area contributed by atoms with Gasteiger partial charge in [-0.25, -0.2) is 13.6 Å². The maximum atomic E-state index is 14.8. The second kappa shape index (κ2) is 17.5. The van der Waals surface area contributed by atoms with Gasteiger partial charge in [0.2, 0.25) is 17.4 Å². The second-order valence-corrected chi connectivity index (χ2v) is 17.7. The van der Waals surface area contributed by atoms with Crippen molar-refractivity contribution >= 4 is 35.2 Å². The summed E-state index contributed by atoms with van der Waals surface area (Å²) in [4.78, 5) is 61.3. The van der Waals surface area contributed by atoms with E-state index in [-0.39, 0.29) is 55.5 Å². The van der Waals surface area contributed by atoms with Crippen molar-refractivity contribution in [3.8, 4) is 5.75 Å². The molecule has 0 radical (unpaired) electrons. The van der Waals surface area contributed by atoms with Gasteiger partial charge in [0.15, 0.2) is 0 Å². The molecule has 11 nitrogen and oxygen atoms in total. The quantitative estimate of drug-likeness (QED) is 0.196. The number of benzene rings is 2. The average Bonchev–Trinajstić information content (AvgIpc) is 3.93. The van der Waals surface area contributed by atoms with Crippen LogP contribution in [0.2, 0.25) is 0 Å². The lowest BCUT2D eigenvalue weighted by molar-refractivity contribution is -0.135. The maximum absolute atomic E-state index is 14.8. The molecular weight excluding hydrogens is 722 g/mol. The van der Waals surface area contributed by atoms with Crippen molar-refractivity contribution in [3.63, 3.8) is 0 Å². The third kappa shape index (κ3) is 10.4. The zero-order chi connectivity index (χ0) is 41.1. The SMILES string of the molecule is COCCCN1C(=O)C(C)(c2cc(F)cc(F)c2)Oc2ccc(N(C(=O)[C@@H]3C[C@H](C(=O)NC(CC(C)C)CC(C)C)CN(C(=O)OC(C)(C)C)C3)C3CC3)cc21. The largest absolute Gasteiger partial charge is 0.471 e. The number of methoxy groups -OCH3 is 1. The van der Waals surface area contributed by atoms with Gasteiger partial charge in [-0.05, 0) is 108 Å². The van der Waals surface area contributed by atoms with Crippen LogP contribution in [0.25, 0.3) is 0 Å². The molecule has 3 atom stereocenters. The minimum Gasteiger partial charge on any atom is -0.471 e. The van der Waals surface area contributed by atoms with Gasteiger partial charge < -0.3 is 34.2 Å². The first kappa shape index (κ1) is 42.9. The number of carbonyl (C=O) groups excluding carboxylic acids is 4. The molecule has 308 valence electrons. The molecule has 2 aromatic carbocycles. The lowest BCUT2D eigenvalue weighted by Crippen LogP contribution is -2.54. The predicted molar refractivity (Wildman–Crippen MR) is 210 cm³/mol. The number of nitrogens with zero attached hydrogens (tertiary/aromatic N) is 3. The van der Waals surface area contributed by atoms with Gasteiger partial charge in [-0.15, -0.1) is 0 Å². The first-order chi connectivity index (χ1) is 26.3. The number of halogens is 2. The third-order valence-electron chi connectivity index (χ3n) is 10.5. The van der Waals surface area contributed by atoms with E-state index in [0.717, 1.165) is 43.9 Å². The molecule has 1 aliphatic carbocycles. The van der Waals surface area contributed by atoms with E-state index in [2.05, 4.69) is 33.0 Å². The van der Waals surface area contributed by atoms with Gasteiger partial charge in [-0.2, -0.15) is 0 Å². The number of carbonyl (C=O) groups is 4. The fourth-order valence-electron chi connectivity index (χ4n) is 7.85. The maximum Gasteiger partial charge on any atom is 0.410 e. The van der Waals surface area contributed by atoms with Gasteiger partial charge in [0.1, 0.15) is 23.0 Å². The minimum atomic E-state index is -1.73. The highest BCUT2D eigenvalue weighted by Gasteiger charge is 2.48. The summed E-state index contributed by atoms with van der Waals surface area (Å²) < 4.78 is 46.1. The van der Waals surface area contributed by atoms with Crippen molar-refractivity contribution in [1.82, 2.24) is 10.2 Å². The van der Waals surface area contributed by atoms with E-state index in [9.17, 15) is 28.0 Å². The summed E-state index contributed by atoms with van der Waals surface area (Å²) in [7, 11) is 1.56. The Morgan fingerprint density at radius 2 is 1.61 bits per heavy atom. The van der Waals surface area contributed by atoms with Crippen LogP contribution in [0.4, 0.5) is 25.0 Å². The lowest BCUT2D eigenvalue weighted by Gasteiger charge is -2.42. The molecular formula is C43H60F2N4O7. The van der Waals surface area contributed by atoms with E-state index >= 15 is 0 Å². The Morgan fingerprint density at radius 3 is 2.18 bits per heavy atom. The summed E-state index contributed by atoms with van der Waals surface area (Å²) in [6.45, 7) is 16.1. The van der Waals surface area contributed by atoms with Crippen molar-refractivity contribution in [1.29, 1.82) is 0 Å². The Balaban J connectivity index is 1.48. The standard InChI is InChI=1S/C43H60F2N4O7/c1-26(2)17-33(18-27(3)4)46-38(50)28-19-29(25-47(24-28)41(53)56-42(5,6)7)39(51)49(34-11-12-34)35-13-14-37-36(23-35)48(15-10-16-54-9)40(52)43(8,55-37)30-20-31(44)22-32(45)21-30/h13-14,20-23,26-29,33-34H,10-12,15-19,24-25H2,1-9H3,(H,46,50)/t28-,29+,43?/m0/s1. The molecule has 2 fully saturated rings. The number of likely N-dealkylation sites (tertiary alicyclic amines) is 1. The van der Waals surface area contributed by atoms with Crippen LogP contribution in [-0.4, -0.2) is 79.8 Å². The summed E-state index contributed by atoms with van der Waals surface area (Å²) in [5.41, 5.74) is -1.53. The number of rotatable bonds is 14. The highest BCUT2D eigenvalue weighted by Crippen LogP contribution is 2.46. The molecule has 2 heterocycles. The Labute approximate surface area is 330 Å². The van der Waals surface area contributed by atoms with Crippen molar-refractivity contribution in [2.24, 2.45) is 23.7 Å². The average molecular weight is 783 g/mol. The van der Waals surface area contributed by atoms with Crippen molar-refractivity contribution in [2.45, 2.75) is 117 Å². The van der Waals surface area contributed by atoms with Gasteiger partial charge in [-0.1, -0.05) is 27.7 Å². The molecule has 13 heteroatoms. The van der Waals surface area contributed by atoms with Crippen molar-refractivity contribution in [3.05, 3.63) is 53.6 Å². The molecule has 2 aromatic rings. The zero-order valence-electron chi connectivity index (χ0n) is 34.5. The fourth-order valence-corrected chi connectivity index (χ4v) is 7.85. The van der Waals surface area contributed by atoms with Crippen LogP contribution in [0.3, 0.4) is 0 Å². The summed E-state index contributed by atoms with van der Waals surface area (Å²) in [6.07, 6.45) is 3.29. The van der Waals surface area contributed by atoms with Gasteiger partial charge >= 0.3 is 6.09 Å². The number of anilines is 2. The molecule has 1 saturated carbocycles. The lowest BCUT2D eigenvalue weighted by atomic mass is 9.86. The Hall–Kier alpha value is -4.26. The molecule has 4 amide bonds. The molecule has 0 spiro atoms. The first-order valence-corrected chi connectivity index (χ1v) is 20.0. The highest BCUT2D eigenvalue weighted by molar-refractivity contribution is 6.05. The van der Waals surface area contributed by atoms with E-state index in [1.165, 1.54) is 16.7 Å². The second-order valence-electron chi connectivity index (χ2n) is 17.7. The summed E-state index contributed by atoms with van der Waals surface area (Å²) in [5, 5.41) is 3.26. The molecule has 1 saturated heterocycles. The molecule has 0 bridgehead atoms. The number of fused-ring (bicyclic) bond motifs is 1. The van der Waals surface area contributed by atoms with Crippen LogP contribution in [0.15, 0.2) is 36.4 Å². The zero-order valence-corrected chi connectivity index (χ0v) is 34.5. The predicted octanol–water partition coefficient (Wildman–Crippen LogP) is 7.59. The van der Waals surface area contributed by atoms with E-state index in [1.807, 2.05) is 0 Å². The van der Waals surface area contributed by atoms with E-state index in [0.29, 0.717) is 42.0 Å². The number of piperidine rings is 1. The molecule has 5 rings (SSSR count). The van der Waals surface area contributed by atoms with Gasteiger partial charge in [0.25, 0.3) is 5.91 Å². The minimum absolute atomic E-state index is 0.0337. The summed E-state index contributed by atoms with van der Waals surface area (Å²) in [5.74, 6) is -2.88. The van der Waals surface area contributed by atoms with Gasteiger partial charge in [0.05, 0.1) is 17.5 Å². The number of amides is 4. The molecule has 0 aromatic heterocycles. The van der Waals surface area contributed by atoms with Gasteiger partial charge in [0, 0.05) is 62.8 Å². The Kier molecular flexibility index (Phi) is 13.4. The molecule has 56 heavy (non-hydrogen) atoms. The smallest absolute Gasteiger partial charge is 0.410 e. The summed E-state index contributed by atoms with van der Waals surface area (Å²) in [6, 6.07) is 7.92. The number of hydrogen-bond donors (Lipinski definition) is 1. The first-order valence-electron chi connectivity index (χ1n) is 20.0. The van der Waals surface area contributed by atoms with Crippen LogP contribution in [-0.2, 0) is 29.5 Å². The van der Waals surface area contributed by atoms with Crippen LogP contribution in [0, 0.1) is 35.3 Å². The molecule has 1 N–H and O–H groups in total. The number of hydrogen-bond acceptors (Lipinski definition) is 7. The Morgan fingerprint density at radius 1 is 0.982 bits per heavy atom. The van der Waals surface area contributed by atoms with Crippen molar-refractivity contribution < 1.29 is 42.2 Å². The van der Waals surface area contributed by atoms with Crippen LogP contribution >= 0.6 is 0 Å². The van der Waals surface area contributed by atoms with E-state index in [1.54, 1.807) is 51.0 Å². The molecule has 2 aliphatic heterocycles.